The lowest BCUT2D eigenvalue weighted by atomic mass is 10.1. The first-order valence-electron chi connectivity index (χ1n) is 6.94. The van der Waals surface area contributed by atoms with Gasteiger partial charge in [0, 0.05) is 25.2 Å². The smallest absolute Gasteiger partial charge is 0.317 e. The molecule has 2 aliphatic carbocycles. The average Bonchev–Trinajstić information content (AvgIpc) is 3.29. The number of urea groups is 1. The van der Waals surface area contributed by atoms with Crippen molar-refractivity contribution in [3.63, 3.8) is 0 Å². The molecule has 0 bridgehead atoms. The minimum absolute atomic E-state index is 0.117. The fourth-order valence-corrected chi connectivity index (χ4v) is 2.30. The molecule has 3 nitrogen and oxygen atoms in total. The van der Waals surface area contributed by atoms with Crippen LogP contribution in [0.4, 0.5) is 9.18 Å². The van der Waals surface area contributed by atoms with Crippen LogP contribution in [0.25, 0.3) is 0 Å². The van der Waals surface area contributed by atoms with Gasteiger partial charge < -0.3 is 10.2 Å². The van der Waals surface area contributed by atoms with Gasteiger partial charge in [0.05, 0.1) is 0 Å². The molecule has 1 aromatic rings. The van der Waals surface area contributed by atoms with Gasteiger partial charge in [-0.25, -0.2) is 9.18 Å². The number of amides is 2. The van der Waals surface area contributed by atoms with E-state index in [1.807, 2.05) is 6.07 Å². The van der Waals surface area contributed by atoms with Crippen LogP contribution in [-0.4, -0.2) is 24.0 Å². The van der Waals surface area contributed by atoms with Crippen LogP contribution >= 0.6 is 0 Å². The molecule has 1 aromatic carbocycles. The van der Waals surface area contributed by atoms with Crippen molar-refractivity contribution in [1.29, 1.82) is 0 Å². The minimum Gasteiger partial charge on any atom is -0.334 e. The Morgan fingerprint density at radius 3 is 2.68 bits per heavy atom. The van der Waals surface area contributed by atoms with Crippen molar-refractivity contribution in [3.05, 3.63) is 35.1 Å². The number of carbonyl (C=O) groups is 1. The van der Waals surface area contributed by atoms with E-state index < -0.39 is 0 Å². The molecule has 2 aliphatic rings. The Balaban J connectivity index is 1.58. The maximum Gasteiger partial charge on any atom is 0.317 e. The van der Waals surface area contributed by atoms with Gasteiger partial charge in [-0.3, -0.25) is 0 Å². The first kappa shape index (κ1) is 12.5. The van der Waals surface area contributed by atoms with E-state index in [9.17, 15) is 9.18 Å². The molecule has 2 amide bonds. The Morgan fingerprint density at radius 1 is 1.37 bits per heavy atom. The third kappa shape index (κ3) is 2.88. The summed E-state index contributed by atoms with van der Waals surface area (Å²) in [7, 11) is 1.79. The van der Waals surface area contributed by atoms with E-state index in [0.29, 0.717) is 17.5 Å². The van der Waals surface area contributed by atoms with Gasteiger partial charge >= 0.3 is 6.03 Å². The molecule has 4 heteroatoms. The Morgan fingerprint density at radius 2 is 2.11 bits per heavy atom. The molecule has 0 unspecified atom stereocenters. The summed E-state index contributed by atoms with van der Waals surface area (Å²) < 4.78 is 13.9. The molecule has 102 valence electrons. The van der Waals surface area contributed by atoms with Crippen molar-refractivity contribution in [2.24, 2.45) is 0 Å². The van der Waals surface area contributed by atoms with E-state index in [0.717, 1.165) is 18.4 Å². The van der Waals surface area contributed by atoms with Crippen LogP contribution in [0.5, 0.6) is 0 Å². The highest BCUT2D eigenvalue weighted by molar-refractivity contribution is 5.74. The number of halogens is 1. The Kier molecular flexibility index (Phi) is 3.17. The second kappa shape index (κ2) is 4.83. The van der Waals surface area contributed by atoms with Crippen LogP contribution in [0.3, 0.4) is 0 Å². The van der Waals surface area contributed by atoms with Crippen LogP contribution < -0.4 is 5.32 Å². The molecule has 2 saturated carbocycles. The molecule has 1 N–H and O–H groups in total. The Hall–Kier alpha value is -1.58. The van der Waals surface area contributed by atoms with Crippen LogP contribution in [-0.2, 0) is 6.54 Å². The lowest BCUT2D eigenvalue weighted by Crippen LogP contribution is -2.38. The largest absolute Gasteiger partial charge is 0.334 e. The molecule has 0 radical (unpaired) electrons. The molecule has 0 saturated heterocycles. The van der Waals surface area contributed by atoms with Gasteiger partial charge in [-0.15, -0.1) is 0 Å². The zero-order valence-corrected chi connectivity index (χ0v) is 11.2. The van der Waals surface area contributed by atoms with Gasteiger partial charge in [0.1, 0.15) is 5.82 Å². The highest BCUT2D eigenvalue weighted by Gasteiger charge is 2.29. The summed E-state index contributed by atoms with van der Waals surface area (Å²) in [5.74, 6) is 0.345. The quantitative estimate of drug-likeness (QED) is 0.888. The molecule has 0 atom stereocenters. The predicted octanol–water partition coefficient (Wildman–Crippen LogP) is 3.01. The van der Waals surface area contributed by atoms with E-state index in [-0.39, 0.29) is 18.4 Å². The number of hydrogen-bond donors (Lipinski definition) is 1. The van der Waals surface area contributed by atoms with E-state index in [1.54, 1.807) is 24.1 Å². The maximum atomic E-state index is 13.9. The summed E-state index contributed by atoms with van der Waals surface area (Å²) in [6, 6.07) is 5.65. The Labute approximate surface area is 112 Å². The zero-order chi connectivity index (χ0) is 13.4. The summed E-state index contributed by atoms with van der Waals surface area (Å²) in [6.07, 6.45) is 4.49. The summed E-state index contributed by atoms with van der Waals surface area (Å²) in [4.78, 5) is 13.5. The second-order valence-electron chi connectivity index (χ2n) is 5.63. The van der Waals surface area contributed by atoms with Gasteiger partial charge in [0.15, 0.2) is 0 Å². The first-order valence-corrected chi connectivity index (χ1v) is 6.94. The van der Waals surface area contributed by atoms with Crippen molar-refractivity contribution in [2.45, 2.75) is 44.2 Å². The number of nitrogens with one attached hydrogen (secondary N) is 1. The SMILES string of the molecule is CN(C(=O)NCc1ccc(C2CC2)cc1F)C1CC1. The molecule has 19 heavy (non-hydrogen) atoms. The summed E-state index contributed by atoms with van der Waals surface area (Å²) in [5.41, 5.74) is 1.64. The molecule has 0 heterocycles. The van der Waals surface area contributed by atoms with Crippen molar-refractivity contribution >= 4 is 6.03 Å². The summed E-state index contributed by atoms with van der Waals surface area (Å²) >= 11 is 0. The van der Waals surface area contributed by atoms with E-state index in [1.165, 1.54) is 12.8 Å². The second-order valence-corrected chi connectivity index (χ2v) is 5.63. The van der Waals surface area contributed by atoms with Crippen molar-refractivity contribution < 1.29 is 9.18 Å². The topological polar surface area (TPSA) is 32.3 Å². The fraction of sp³-hybridized carbons (Fsp3) is 0.533. The van der Waals surface area contributed by atoms with Crippen LogP contribution in [0.15, 0.2) is 18.2 Å². The average molecular weight is 262 g/mol. The maximum absolute atomic E-state index is 13.9. The van der Waals surface area contributed by atoms with E-state index in [2.05, 4.69) is 5.32 Å². The third-order valence-corrected chi connectivity index (χ3v) is 3.97. The summed E-state index contributed by atoms with van der Waals surface area (Å²) in [5, 5.41) is 2.77. The molecule has 0 aliphatic heterocycles. The van der Waals surface area contributed by atoms with Crippen LogP contribution in [0.1, 0.15) is 42.7 Å². The van der Waals surface area contributed by atoms with Crippen LogP contribution in [0, 0.1) is 5.82 Å². The van der Waals surface area contributed by atoms with Crippen molar-refractivity contribution in [2.75, 3.05) is 7.05 Å². The number of nitrogens with zero attached hydrogens (tertiary/aromatic N) is 1. The minimum atomic E-state index is -0.209. The van der Waals surface area contributed by atoms with Crippen molar-refractivity contribution in [1.82, 2.24) is 10.2 Å². The summed E-state index contributed by atoms with van der Waals surface area (Å²) in [6.45, 7) is 0.257. The van der Waals surface area contributed by atoms with Gasteiger partial charge in [-0.05, 0) is 43.2 Å². The van der Waals surface area contributed by atoms with E-state index in [4.69, 9.17) is 0 Å². The molecule has 3 rings (SSSR count). The molecular weight excluding hydrogens is 243 g/mol. The molecule has 0 spiro atoms. The third-order valence-electron chi connectivity index (χ3n) is 3.97. The number of rotatable bonds is 4. The lowest BCUT2D eigenvalue weighted by molar-refractivity contribution is 0.206. The molecular formula is C15H19FN2O. The zero-order valence-electron chi connectivity index (χ0n) is 11.2. The predicted molar refractivity (Wildman–Crippen MR) is 71.4 cm³/mol. The van der Waals surface area contributed by atoms with Gasteiger partial charge in [-0.2, -0.15) is 0 Å². The molecule has 2 fully saturated rings. The van der Waals surface area contributed by atoms with Gasteiger partial charge in [-0.1, -0.05) is 12.1 Å². The Bertz CT molecular complexity index is 495. The monoisotopic (exact) mass is 262 g/mol. The number of benzene rings is 1. The standard InChI is InChI=1S/C15H19FN2O/c1-18(13-6-7-13)15(19)17-9-12-5-4-11(8-14(12)16)10-2-3-10/h4-5,8,10,13H,2-3,6-7,9H2,1H3,(H,17,19). The highest BCUT2D eigenvalue weighted by Crippen LogP contribution is 2.40. The van der Waals surface area contributed by atoms with Gasteiger partial charge in [0.25, 0.3) is 0 Å². The number of carbonyl (C=O) groups excluding carboxylic acids is 1. The number of hydrogen-bond acceptors (Lipinski definition) is 1. The normalized spacial score (nSPS) is 18.2. The van der Waals surface area contributed by atoms with Crippen molar-refractivity contribution in [3.8, 4) is 0 Å². The van der Waals surface area contributed by atoms with E-state index >= 15 is 0 Å². The van der Waals surface area contributed by atoms with Gasteiger partial charge in [0.2, 0.25) is 0 Å². The first-order chi connectivity index (χ1) is 9.15. The fourth-order valence-electron chi connectivity index (χ4n) is 2.30. The molecule has 0 aromatic heterocycles. The van der Waals surface area contributed by atoms with Crippen LogP contribution in [0.2, 0.25) is 0 Å². The lowest BCUT2D eigenvalue weighted by Gasteiger charge is -2.17. The highest BCUT2D eigenvalue weighted by atomic mass is 19.1.